The molecule has 0 aliphatic carbocycles. The molecule has 0 saturated heterocycles. The van der Waals surface area contributed by atoms with E-state index in [-0.39, 0.29) is 0 Å². The standard InChI is InChI=1S/C14H14OS/c1-3-5-6-12(4-2)7-8-13-9-10-14(11-15)16-13/h3-11H,1H2,2H3/b6-5-,8-7+,12-4+. The molecule has 0 saturated carbocycles. The minimum Gasteiger partial charge on any atom is -0.297 e. The van der Waals surface area contributed by atoms with Crippen LogP contribution >= 0.6 is 11.3 Å². The highest BCUT2D eigenvalue weighted by molar-refractivity contribution is 7.14. The highest BCUT2D eigenvalue weighted by atomic mass is 32.1. The van der Waals surface area contributed by atoms with Gasteiger partial charge in [-0.3, -0.25) is 4.79 Å². The summed E-state index contributed by atoms with van der Waals surface area (Å²) >= 11 is 1.48. The summed E-state index contributed by atoms with van der Waals surface area (Å²) in [6, 6.07) is 3.77. The molecule has 0 aliphatic heterocycles. The lowest BCUT2D eigenvalue weighted by atomic mass is 10.2. The normalized spacial score (nSPS) is 12.4. The first-order valence-corrected chi connectivity index (χ1v) is 5.80. The molecule has 0 N–H and O–H groups in total. The number of allylic oxidation sites excluding steroid dienone is 6. The van der Waals surface area contributed by atoms with Crippen molar-refractivity contribution >= 4 is 23.7 Å². The third kappa shape index (κ3) is 3.83. The second-order valence-electron chi connectivity index (χ2n) is 3.07. The van der Waals surface area contributed by atoms with Gasteiger partial charge in [-0.15, -0.1) is 11.3 Å². The van der Waals surface area contributed by atoms with Crippen molar-refractivity contribution in [1.29, 1.82) is 0 Å². The number of thiophene rings is 1. The fourth-order valence-corrected chi connectivity index (χ4v) is 1.86. The number of rotatable bonds is 5. The van der Waals surface area contributed by atoms with Crippen molar-refractivity contribution in [2.45, 2.75) is 6.92 Å². The summed E-state index contributed by atoms with van der Waals surface area (Å²) in [5.41, 5.74) is 1.11. The van der Waals surface area contributed by atoms with E-state index < -0.39 is 0 Å². The van der Waals surface area contributed by atoms with E-state index in [4.69, 9.17) is 0 Å². The van der Waals surface area contributed by atoms with E-state index in [1.54, 1.807) is 6.08 Å². The summed E-state index contributed by atoms with van der Waals surface area (Å²) in [7, 11) is 0. The average molecular weight is 230 g/mol. The van der Waals surface area contributed by atoms with Crippen molar-refractivity contribution in [3.8, 4) is 0 Å². The Morgan fingerprint density at radius 1 is 1.31 bits per heavy atom. The van der Waals surface area contributed by atoms with Crippen molar-refractivity contribution in [2.75, 3.05) is 0 Å². The van der Waals surface area contributed by atoms with Crippen LogP contribution in [-0.4, -0.2) is 6.29 Å². The van der Waals surface area contributed by atoms with Gasteiger partial charge in [0.2, 0.25) is 0 Å². The summed E-state index contributed by atoms with van der Waals surface area (Å²) in [5, 5.41) is 0. The van der Waals surface area contributed by atoms with Gasteiger partial charge in [0.15, 0.2) is 6.29 Å². The lowest BCUT2D eigenvalue weighted by Gasteiger charge is -1.90. The lowest BCUT2D eigenvalue weighted by molar-refractivity contribution is 0.112. The average Bonchev–Trinajstić information content (AvgIpc) is 2.77. The van der Waals surface area contributed by atoms with Crippen LogP contribution in [0.25, 0.3) is 6.08 Å². The first-order chi connectivity index (χ1) is 7.80. The molecule has 0 atom stereocenters. The molecular weight excluding hydrogens is 216 g/mol. The van der Waals surface area contributed by atoms with E-state index in [1.165, 1.54) is 11.3 Å². The van der Waals surface area contributed by atoms with Gasteiger partial charge in [0.25, 0.3) is 0 Å². The lowest BCUT2D eigenvalue weighted by Crippen LogP contribution is -1.68. The first kappa shape index (κ1) is 12.4. The third-order valence-electron chi connectivity index (χ3n) is 1.96. The molecule has 0 spiro atoms. The fourth-order valence-electron chi connectivity index (χ4n) is 1.13. The highest BCUT2D eigenvalue weighted by Crippen LogP contribution is 2.17. The largest absolute Gasteiger partial charge is 0.297 e. The van der Waals surface area contributed by atoms with Crippen LogP contribution in [0.4, 0.5) is 0 Å². The van der Waals surface area contributed by atoms with Crippen LogP contribution in [0.5, 0.6) is 0 Å². The molecule has 2 heteroatoms. The zero-order valence-corrected chi connectivity index (χ0v) is 10.0. The molecule has 0 bridgehead atoms. The van der Waals surface area contributed by atoms with Crippen LogP contribution < -0.4 is 0 Å². The van der Waals surface area contributed by atoms with E-state index >= 15 is 0 Å². The summed E-state index contributed by atoms with van der Waals surface area (Å²) < 4.78 is 0. The second kappa shape index (κ2) is 6.75. The predicted molar refractivity (Wildman–Crippen MR) is 71.8 cm³/mol. The SMILES string of the molecule is C=C\C=C/C(/C=C/c1ccc(C=O)s1)=C\C. The van der Waals surface area contributed by atoms with E-state index in [0.29, 0.717) is 0 Å². The summed E-state index contributed by atoms with van der Waals surface area (Å²) in [4.78, 5) is 12.3. The zero-order chi connectivity index (χ0) is 11.8. The molecule has 82 valence electrons. The smallest absolute Gasteiger partial charge is 0.160 e. The summed E-state index contributed by atoms with van der Waals surface area (Å²) in [6.07, 6.45) is 12.5. The molecule has 1 aromatic rings. The van der Waals surface area contributed by atoms with Crippen LogP contribution in [0.1, 0.15) is 21.5 Å². The van der Waals surface area contributed by atoms with Gasteiger partial charge in [0.05, 0.1) is 4.88 Å². The molecule has 1 nitrogen and oxygen atoms in total. The molecule has 1 rings (SSSR count). The van der Waals surface area contributed by atoms with Gasteiger partial charge in [0.1, 0.15) is 0 Å². The maximum atomic E-state index is 10.5. The van der Waals surface area contributed by atoms with E-state index in [2.05, 4.69) is 6.58 Å². The van der Waals surface area contributed by atoms with E-state index in [0.717, 1.165) is 21.6 Å². The maximum absolute atomic E-state index is 10.5. The molecule has 16 heavy (non-hydrogen) atoms. The van der Waals surface area contributed by atoms with E-state index in [9.17, 15) is 4.79 Å². The minimum absolute atomic E-state index is 0.753. The zero-order valence-electron chi connectivity index (χ0n) is 9.22. The minimum atomic E-state index is 0.753. The number of carbonyl (C=O) groups excluding carboxylic acids is 1. The molecule has 0 unspecified atom stereocenters. The predicted octanol–water partition coefficient (Wildman–Crippen LogP) is 4.26. The number of hydrogen-bond acceptors (Lipinski definition) is 2. The van der Waals surface area contributed by atoms with Gasteiger partial charge in [-0.1, -0.05) is 37.0 Å². The van der Waals surface area contributed by atoms with Crippen molar-refractivity contribution in [2.24, 2.45) is 0 Å². The van der Waals surface area contributed by atoms with Gasteiger partial charge in [-0.05, 0) is 30.7 Å². The Bertz CT molecular complexity index is 447. The van der Waals surface area contributed by atoms with Crippen LogP contribution in [0.2, 0.25) is 0 Å². The van der Waals surface area contributed by atoms with Gasteiger partial charge >= 0.3 is 0 Å². The Kier molecular flexibility index (Phi) is 5.23. The Balaban J connectivity index is 2.74. The topological polar surface area (TPSA) is 17.1 Å². The van der Waals surface area contributed by atoms with Crippen molar-refractivity contribution in [1.82, 2.24) is 0 Å². The van der Waals surface area contributed by atoms with Crippen LogP contribution in [0, 0.1) is 0 Å². The second-order valence-corrected chi connectivity index (χ2v) is 4.22. The Hall–Kier alpha value is -1.67. The van der Waals surface area contributed by atoms with E-state index in [1.807, 2.05) is 49.4 Å². The first-order valence-electron chi connectivity index (χ1n) is 4.98. The van der Waals surface area contributed by atoms with Gasteiger partial charge < -0.3 is 0 Å². The summed E-state index contributed by atoms with van der Waals surface area (Å²) in [6.45, 7) is 5.61. The Morgan fingerprint density at radius 3 is 2.62 bits per heavy atom. The van der Waals surface area contributed by atoms with Crippen molar-refractivity contribution < 1.29 is 4.79 Å². The van der Waals surface area contributed by atoms with Gasteiger partial charge in [-0.25, -0.2) is 0 Å². The Morgan fingerprint density at radius 2 is 2.06 bits per heavy atom. The highest BCUT2D eigenvalue weighted by Gasteiger charge is 1.94. The number of hydrogen-bond donors (Lipinski definition) is 0. The molecular formula is C14H14OS. The van der Waals surface area contributed by atoms with Crippen molar-refractivity contribution in [3.63, 3.8) is 0 Å². The molecule has 0 radical (unpaired) electrons. The number of aldehydes is 1. The Labute approximate surface area is 100 Å². The fraction of sp³-hybridized carbons (Fsp3) is 0.0714. The summed E-state index contributed by atoms with van der Waals surface area (Å²) in [5.74, 6) is 0. The molecule has 0 aromatic carbocycles. The van der Waals surface area contributed by atoms with Crippen molar-refractivity contribution in [3.05, 3.63) is 64.4 Å². The van der Waals surface area contributed by atoms with Gasteiger partial charge in [0, 0.05) is 4.88 Å². The maximum Gasteiger partial charge on any atom is 0.160 e. The van der Waals surface area contributed by atoms with Gasteiger partial charge in [-0.2, -0.15) is 0 Å². The quantitative estimate of drug-likeness (QED) is 0.545. The molecule has 0 aliphatic rings. The molecule has 1 aromatic heterocycles. The molecule has 0 fully saturated rings. The monoisotopic (exact) mass is 230 g/mol. The number of carbonyl (C=O) groups is 1. The van der Waals surface area contributed by atoms with Crippen LogP contribution in [-0.2, 0) is 0 Å². The molecule has 1 heterocycles. The van der Waals surface area contributed by atoms with Crippen LogP contribution in [0.3, 0.4) is 0 Å². The molecule has 0 amide bonds. The van der Waals surface area contributed by atoms with Crippen LogP contribution in [0.15, 0.2) is 54.7 Å². The third-order valence-corrected chi connectivity index (χ3v) is 2.94.